The van der Waals surface area contributed by atoms with Gasteiger partial charge in [-0.2, -0.15) is 0 Å². The number of nitrogens with zero attached hydrogens (tertiary/aromatic N) is 2. The maximum atomic E-state index is 12.8. The second-order valence-electron chi connectivity index (χ2n) is 7.70. The molecule has 29 heavy (non-hydrogen) atoms. The summed E-state index contributed by atoms with van der Waals surface area (Å²) in [7, 11) is 0. The van der Waals surface area contributed by atoms with Gasteiger partial charge in [-0.15, -0.1) is 11.3 Å². The van der Waals surface area contributed by atoms with Crippen molar-refractivity contribution in [1.29, 1.82) is 0 Å². The van der Waals surface area contributed by atoms with Gasteiger partial charge in [-0.25, -0.2) is 4.98 Å². The van der Waals surface area contributed by atoms with E-state index in [9.17, 15) is 9.59 Å². The monoisotopic (exact) mass is 409 g/mol. The quantitative estimate of drug-likeness (QED) is 0.635. The molecule has 1 aliphatic rings. The fraction of sp³-hybridized carbons (Fsp3) is 0.435. The lowest BCUT2D eigenvalue weighted by Crippen LogP contribution is -2.33. The van der Waals surface area contributed by atoms with Gasteiger partial charge in [0.1, 0.15) is 10.7 Å². The first-order chi connectivity index (χ1) is 14.2. The minimum absolute atomic E-state index is 0.0599. The molecule has 0 bridgehead atoms. The van der Waals surface area contributed by atoms with Crippen LogP contribution < -0.4 is 5.56 Å². The Kier molecular flexibility index (Phi) is 6.09. The normalized spacial score (nSPS) is 13.4. The highest BCUT2D eigenvalue weighted by Gasteiger charge is 2.21. The lowest BCUT2D eigenvalue weighted by Gasteiger charge is -2.22. The number of carbonyl (C=O) groups is 1. The fourth-order valence-electron chi connectivity index (χ4n) is 4.04. The maximum absolute atomic E-state index is 12.8. The van der Waals surface area contributed by atoms with Gasteiger partial charge >= 0.3 is 0 Å². The highest BCUT2D eigenvalue weighted by molar-refractivity contribution is 7.18. The van der Waals surface area contributed by atoms with Crippen molar-refractivity contribution in [2.45, 2.75) is 58.4 Å². The number of fused-ring (bicyclic) bond motifs is 3. The molecule has 1 aliphatic carbocycles. The average molecular weight is 410 g/mol. The minimum atomic E-state index is -0.0599. The van der Waals surface area contributed by atoms with Gasteiger partial charge in [0.25, 0.3) is 5.56 Å². The summed E-state index contributed by atoms with van der Waals surface area (Å²) in [6, 6.07) is 10.2. The molecule has 0 aliphatic heterocycles. The second kappa shape index (κ2) is 8.91. The van der Waals surface area contributed by atoms with Gasteiger partial charge < -0.3 is 9.88 Å². The van der Waals surface area contributed by atoms with Crippen LogP contribution in [0, 0.1) is 0 Å². The Balaban J connectivity index is 1.58. The molecule has 0 spiro atoms. The molecule has 3 aromatic rings. The number of rotatable bonds is 7. The van der Waals surface area contributed by atoms with Gasteiger partial charge in [-0.05, 0) is 49.7 Å². The number of hydrogen-bond donors (Lipinski definition) is 1. The largest absolute Gasteiger partial charge is 0.335 e. The van der Waals surface area contributed by atoms with Gasteiger partial charge in [0.15, 0.2) is 0 Å². The molecule has 152 valence electrons. The number of nitrogens with one attached hydrogen (secondary N) is 1. The number of aromatic amines is 1. The SMILES string of the molecule is CCCC(=O)N(CCc1ccccc1)Cc1nc2sc3c(c2c(=O)[nH]1)CCCC3. The predicted octanol–water partition coefficient (Wildman–Crippen LogP) is 4.23. The molecule has 2 heterocycles. The van der Waals surface area contributed by atoms with Crippen LogP contribution in [0.4, 0.5) is 0 Å². The lowest BCUT2D eigenvalue weighted by molar-refractivity contribution is -0.131. The van der Waals surface area contributed by atoms with Crippen molar-refractivity contribution in [3.05, 3.63) is 62.5 Å². The first-order valence-electron chi connectivity index (χ1n) is 10.5. The molecular weight excluding hydrogens is 382 g/mol. The molecule has 1 amide bonds. The Morgan fingerprint density at radius 3 is 2.79 bits per heavy atom. The molecule has 0 saturated heterocycles. The van der Waals surface area contributed by atoms with Crippen LogP contribution >= 0.6 is 11.3 Å². The number of thiophene rings is 1. The van der Waals surface area contributed by atoms with Crippen molar-refractivity contribution < 1.29 is 4.79 Å². The summed E-state index contributed by atoms with van der Waals surface area (Å²) < 4.78 is 0. The summed E-state index contributed by atoms with van der Waals surface area (Å²) >= 11 is 1.65. The number of H-pyrrole nitrogens is 1. The van der Waals surface area contributed by atoms with Gasteiger partial charge in [0.05, 0.1) is 11.9 Å². The van der Waals surface area contributed by atoms with Crippen LogP contribution in [0.5, 0.6) is 0 Å². The van der Waals surface area contributed by atoms with Crippen molar-refractivity contribution in [3.8, 4) is 0 Å². The van der Waals surface area contributed by atoms with E-state index >= 15 is 0 Å². The van der Waals surface area contributed by atoms with Crippen LogP contribution in [-0.4, -0.2) is 27.3 Å². The predicted molar refractivity (Wildman–Crippen MR) is 117 cm³/mol. The Labute approximate surface area is 174 Å². The topological polar surface area (TPSA) is 66.1 Å². The minimum Gasteiger partial charge on any atom is -0.335 e. The first-order valence-corrected chi connectivity index (χ1v) is 11.3. The lowest BCUT2D eigenvalue weighted by atomic mass is 9.97. The molecule has 2 aromatic heterocycles. The van der Waals surface area contributed by atoms with Crippen LogP contribution in [0.3, 0.4) is 0 Å². The third kappa shape index (κ3) is 4.42. The maximum Gasteiger partial charge on any atom is 0.259 e. The number of carbonyl (C=O) groups excluding carboxylic acids is 1. The molecule has 0 radical (unpaired) electrons. The van der Waals surface area contributed by atoms with E-state index in [1.807, 2.05) is 30.0 Å². The van der Waals surface area contributed by atoms with E-state index < -0.39 is 0 Å². The summed E-state index contributed by atoms with van der Waals surface area (Å²) in [6.07, 6.45) is 6.44. The van der Waals surface area contributed by atoms with E-state index in [1.165, 1.54) is 22.4 Å². The average Bonchev–Trinajstić information content (AvgIpc) is 3.11. The Hall–Kier alpha value is -2.47. The summed E-state index contributed by atoms with van der Waals surface area (Å²) in [4.78, 5) is 37.1. The van der Waals surface area contributed by atoms with Crippen LogP contribution in [0.15, 0.2) is 35.1 Å². The van der Waals surface area contributed by atoms with Crippen LogP contribution in [-0.2, 0) is 30.6 Å². The molecule has 0 unspecified atom stereocenters. The van der Waals surface area contributed by atoms with Gasteiger partial charge in [-0.1, -0.05) is 37.3 Å². The number of aryl methyl sites for hydroxylation is 2. The molecule has 0 saturated carbocycles. The molecule has 1 aromatic carbocycles. The highest BCUT2D eigenvalue weighted by atomic mass is 32.1. The molecule has 6 heteroatoms. The third-order valence-corrected chi connectivity index (χ3v) is 6.73. The highest BCUT2D eigenvalue weighted by Crippen LogP contribution is 2.33. The van der Waals surface area contributed by atoms with Gasteiger partial charge in [0.2, 0.25) is 5.91 Å². The van der Waals surface area contributed by atoms with Gasteiger partial charge in [-0.3, -0.25) is 9.59 Å². The second-order valence-corrected chi connectivity index (χ2v) is 8.79. The number of aromatic nitrogens is 2. The van der Waals surface area contributed by atoms with Crippen molar-refractivity contribution in [3.63, 3.8) is 0 Å². The smallest absolute Gasteiger partial charge is 0.259 e. The summed E-state index contributed by atoms with van der Waals surface area (Å²) in [5.41, 5.74) is 2.33. The van der Waals surface area contributed by atoms with Crippen molar-refractivity contribution >= 4 is 27.5 Å². The van der Waals surface area contributed by atoms with E-state index in [1.54, 1.807) is 11.3 Å². The number of amides is 1. The molecule has 0 atom stereocenters. The Morgan fingerprint density at radius 1 is 1.21 bits per heavy atom. The van der Waals surface area contributed by atoms with Crippen molar-refractivity contribution in [2.75, 3.05) is 6.54 Å². The fourth-order valence-corrected chi connectivity index (χ4v) is 5.32. The van der Waals surface area contributed by atoms with Crippen molar-refractivity contribution in [1.82, 2.24) is 14.9 Å². The zero-order valence-electron chi connectivity index (χ0n) is 16.9. The van der Waals surface area contributed by atoms with Crippen LogP contribution in [0.1, 0.15) is 54.4 Å². The molecule has 4 rings (SSSR count). The molecule has 5 nitrogen and oxygen atoms in total. The van der Waals surface area contributed by atoms with E-state index in [-0.39, 0.29) is 11.5 Å². The third-order valence-electron chi connectivity index (χ3n) is 5.54. The number of benzene rings is 1. The summed E-state index contributed by atoms with van der Waals surface area (Å²) in [6.45, 7) is 2.97. The zero-order chi connectivity index (χ0) is 20.2. The molecule has 1 N–H and O–H groups in total. The van der Waals surface area contributed by atoms with Crippen LogP contribution in [0.25, 0.3) is 10.2 Å². The zero-order valence-corrected chi connectivity index (χ0v) is 17.7. The first kappa shape index (κ1) is 19.8. The Bertz CT molecular complexity index is 1060. The summed E-state index contributed by atoms with van der Waals surface area (Å²) in [5, 5.41) is 0.768. The summed E-state index contributed by atoms with van der Waals surface area (Å²) in [5.74, 6) is 0.690. The Morgan fingerprint density at radius 2 is 2.00 bits per heavy atom. The van der Waals surface area contributed by atoms with Crippen LogP contribution in [0.2, 0.25) is 0 Å². The van der Waals surface area contributed by atoms with E-state index in [2.05, 4.69) is 17.1 Å². The molecule has 0 fully saturated rings. The van der Waals surface area contributed by atoms with E-state index in [0.29, 0.717) is 25.3 Å². The van der Waals surface area contributed by atoms with E-state index in [0.717, 1.165) is 42.3 Å². The van der Waals surface area contributed by atoms with Gasteiger partial charge in [0, 0.05) is 17.8 Å². The van der Waals surface area contributed by atoms with E-state index in [4.69, 9.17) is 4.98 Å². The number of hydrogen-bond acceptors (Lipinski definition) is 4. The standard InChI is InChI=1S/C23H27N3O2S/c1-2-8-20(27)26(14-13-16-9-4-3-5-10-16)15-19-24-22(28)21-17-11-6-7-12-18(17)29-23(21)25-19/h3-5,9-10H,2,6-8,11-15H2,1H3,(H,24,25,28). The molecular formula is C23H27N3O2S. The van der Waals surface area contributed by atoms with Crippen molar-refractivity contribution in [2.24, 2.45) is 0 Å².